The van der Waals surface area contributed by atoms with E-state index < -0.39 is 0 Å². The highest BCUT2D eigenvalue weighted by molar-refractivity contribution is 8.19. The largest absolute Gasteiger partial charge is 0.508 e. The summed E-state index contributed by atoms with van der Waals surface area (Å²) in [7, 11) is 0. The monoisotopic (exact) mass is 396 g/mol. The molecule has 0 atom stereocenters. The number of hydrogen-bond acceptors (Lipinski definition) is 4. The molecule has 1 aromatic heterocycles. The molecule has 0 aliphatic carbocycles. The third-order valence-corrected chi connectivity index (χ3v) is 5.15. The summed E-state index contributed by atoms with van der Waals surface area (Å²) in [6, 6.07) is 17.0. The van der Waals surface area contributed by atoms with Crippen LogP contribution in [0, 0.1) is 0 Å². The van der Waals surface area contributed by atoms with Gasteiger partial charge in [-0.1, -0.05) is 17.7 Å². The van der Waals surface area contributed by atoms with Crippen LogP contribution in [0.4, 0.5) is 10.5 Å². The minimum atomic E-state index is -0.384. The van der Waals surface area contributed by atoms with E-state index in [2.05, 4.69) is 0 Å². The van der Waals surface area contributed by atoms with Gasteiger partial charge in [0.05, 0.1) is 10.6 Å². The van der Waals surface area contributed by atoms with Gasteiger partial charge in [0, 0.05) is 22.6 Å². The molecule has 2 heterocycles. The number of nitrogens with zero attached hydrogens (tertiary/aromatic N) is 2. The van der Waals surface area contributed by atoms with E-state index in [0.29, 0.717) is 15.6 Å². The molecule has 1 fully saturated rings. The fourth-order valence-corrected chi connectivity index (χ4v) is 3.81. The van der Waals surface area contributed by atoms with Crippen molar-refractivity contribution in [2.75, 3.05) is 4.90 Å². The average molecular weight is 397 g/mol. The summed E-state index contributed by atoms with van der Waals surface area (Å²) < 4.78 is 1.87. The summed E-state index contributed by atoms with van der Waals surface area (Å²) in [4.78, 5) is 26.6. The number of benzene rings is 2. The van der Waals surface area contributed by atoms with Gasteiger partial charge in [-0.25, -0.2) is 4.90 Å². The Morgan fingerprint density at radius 3 is 2.48 bits per heavy atom. The van der Waals surface area contributed by atoms with Gasteiger partial charge in [-0.3, -0.25) is 9.59 Å². The van der Waals surface area contributed by atoms with Crippen LogP contribution in [0.5, 0.6) is 5.75 Å². The molecule has 3 aromatic rings. The van der Waals surface area contributed by atoms with Crippen molar-refractivity contribution in [1.29, 1.82) is 0 Å². The van der Waals surface area contributed by atoms with E-state index in [1.807, 2.05) is 22.9 Å². The molecule has 5 nitrogen and oxygen atoms in total. The third kappa shape index (κ3) is 3.37. The molecule has 2 amide bonds. The van der Waals surface area contributed by atoms with Crippen LogP contribution in [0.25, 0.3) is 11.8 Å². The molecule has 27 heavy (non-hydrogen) atoms. The van der Waals surface area contributed by atoms with Crippen LogP contribution in [-0.2, 0) is 4.79 Å². The molecule has 1 saturated heterocycles. The number of thioether (sulfide) groups is 1. The Morgan fingerprint density at radius 1 is 0.963 bits per heavy atom. The molecule has 0 spiro atoms. The minimum absolute atomic E-state index is 0.176. The molecule has 2 aromatic carbocycles. The first kappa shape index (κ1) is 17.5. The number of imide groups is 1. The maximum absolute atomic E-state index is 12.8. The summed E-state index contributed by atoms with van der Waals surface area (Å²) in [6.07, 6.45) is 3.53. The number of carbonyl (C=O) groups excluding carboxylic acids is 2. The highest BCUT2D eigenvalue weighted by Gasteiger charge is 2.36. The smallest absolute Gasteiger partial charge is 0.298 e. The van der Waals surface area contributed by atoms with E-state index in [0.717, 1.165) is 28.0 Å². The standard InChI is InChI=1S/C20H13ClN2O3S/c21-13-3-1-4-16(11-13)23-19(25)18(27-20(23)26)12-15-5-2-10-22(15)14-6-8-17(24)9-7-14/h1-12,24H/b18-12+. The first-order chi connectivity index (χ1) is 13.0. The highest BCUT2D eigenvalue weighted by Crippen LogP contribution is 2.36. The van der Waals surface area contributed by atoms with Crippen molar-refractivity contribution >= 4 is 46.3 Å². The number of hydrogen-bond donors (Lipinski definition) is 1. The van der Waals surface area contributed by atoms with Gasteiger partial charge >= 0.3 is 0 Å². The Labute approximate surface area is 164 Å². The second-order valence-corrected chi connectivity index (χ2v) is 7.25. The lowest BCUT2D eigenvalue weighted by molar-refractivity contribution is -0.113. The fraction of sp³-hybridized carbons (Fsp3) is 0. The van der Waals surface area contributed by atoms with Crippen molar-refractivity contribution in [2.45, 2.75) is 0 Å². The van der Waals surface area contributed by atoms with E-state index in [4.69, 9.17) is 11.6 Å². The highest BCUT2D eigenvalue weighted by atomic mass is 35.5. The molecule has 0 unspecified atom stereocenters. The summed E-state index contributed by atoms with van der Waals surface area (Å²) in [5.41, 5.74) is 2.03. The Hall–Kier alpha value is -2.96. The van der Waals surface area contributed by atoms with Crippen LogP contribution in [-0.4, -0.2) is 20.8 Å². The van der Waals surface area contributed by atoms with E-state index >= 15 is 0 Å². The summed E-state index contributed by atoms with van der Waals surface area (Å²) in [5, 5.41) is 9.54. The van der Waals surface area contributed by atoms with E-state index in [9.17, 15) is 14.7 Å². The second kappa shape index (κ2) is 6.98. The molecular formula is C20H13ClN2O3S. The van der Waals surface area contributed by atoms with Gasteiger partial charge in [0.15, 0.2) is 0 Å². The predicted molar refractivity (Wildman–Crippen MR) is 107 cm³/mol. The van der Waals surface area contributed by atoms with Crippen LogP contribution >= 0.6 is 23.4 Å². The van der Waals surface area contributed by atoms with Gasteiger partial charge in [0.25, 0.3) is 11.1 Å². The average Bonchev–Trinajstić information content (AvgIpc) is 3.20. The normalized spacial score (nSPS) is 15.7. The summed E-state index contributed by atoms with van der Waals surface area (Å²) >= 11 is 6.87. The minimum Gasteiger partial charge on any atom is -0.508 e. The van der Waals surface area contributed by atoms with Gasteiger partial charge in [-0.15, -0.1) is 0 Å². The third-order valence-electron chi connectivity index (χ3n) is 4.05. The molecule has 0 saturated carbocycles. The zero-order chi connectivity index (χ0) is 19.0. The van der Waals surface area contributed by atoms with Crippen molar-refractivity contribution < 1.29 is 14.7 Å². The number of phenolic OH excluding ortho intramolecular Hbond substituents is 1. The molecule has 1 N–H and O–H groups in total. The summed E-state index contributed by atoms with van der Waals surface area (Å²) in [5.74, 6) is -0.208. The fourth-order valence-electron chi connectivity index (χ4n) is 2.80. The maximum atomic E-state index is 12.8. The van der Waals surface area contributed by atoms with Gasteiger partial charge < -0.3 is 9.67 Å². The number of rotatable bonds is 3. The lowest BCUT2D eigenvalue weighted by Gasteiger charge is -2.12. The van der Waals surface area contributed by atoms with E-state index in [1.165, 1.54) is 0 Å². The van der Waals surface area contributed by atoms with Gasteiger partial charge in [-0.05, 0) is 72.4 Å². The van der Waals surface area contributed by atoms with Gasteiger partial charge in [-0.2, -0.15) is 0 Å². The maximum Gasteiger partial charge on any atom is 0.298 e. The van der Waals surface area contributed by atoms with Crippen LogP contribution in [0.3, 0.4) is 0 Å². The van der Waals surface area contributed by atoms with Crippen molar-refractivity contribution in [3.05, 3.63) is 82.5 Å². The SMILES string of the molecule is O=C1S/C(=C/c2cccn2-c2ccc(O)cc2)C(=O)N1c1cccc(Cl)c1. The van der Waals surface area contributed by atoms with Crippen LogP contribution in [0.15, 0.2) is 71.8 Å². The van der Waals surface area contributed by atoms with Crippen molar-refractivity contribution in [2.24, 2.45) is 0 Å². The molecule has 4 rings (SSSR count). The molecule has 0 radical (unpaired) electrons. The van der Waals surface area contributed by atoms with E-state index in [-0.39, 0.29) is 16.9 Å². The van der Waals surface area contributed by atoms with Crippen LogP contribution in [0.2, 0.25) is 5.02 Å². The molecule has 0 bridgehead atoms. The first-order valence-electron chi connectivity index (χ1n) is 8.03. The quantitative estimate of drug-likeness (QED) is 0.627. The lowest BCUT2D eigenvalue weighted by atomic mass is 10.2. The molecule has 7 heteroatoms. The molecular weight excluding hydrogens is 384 g/mol. The first-order valence-corrected chi connectivity index (χ1v) is 9.23. The Morgan fingerprint density at radius 2 is 1.74 bits per heavy atom. The predicted octanol–water partition coefficient (Wildman–Crippen LogP) is 5.08. The van der Waals surface area contributed by atoms with Gasteiger partial charge in [0.1, 0.15) is 5.75 Å². The molecule has 1 aliphatic heterocycles. The zero-order valence-electron chi connectivity index (χ0n) is 13.9. The summed E-state index contributed by atoms with van der Waals surface area (Å²) in [6.45, 7) is 0. The Bertz CT molecular complexity index is 1070. The Balaban J connectivity index is 1.68. The van der Waals surface area contributed by atoms with Gasteiger partial charge in [0.2, 0.25) is 0 Å². The van der Waals surface area contributed by atoms with Crippen molar-refractivity contribution in [3.63, 3.8) is 0 Å². The molecule has 1 aliphatic rings. The zero-order valence-corrected chi connectivity index (χ0v) is 15.4. The number of halogens is 1. The van der Waals surface area contributed by atoms with Crippen molar-refractivity contribution in [1.82, 2.24) is 4.57 Å². The van der Waals surface area contributed by atoms with Crippen molar-refractivity contribution in [3.8, 4) is 11.4 Å². The molecule has 134 valence electrons. The number of amides is 2. The number of anilines is 1. The topological polar surface area (TPSA) is 62.5 Å². The second-order valence-electron chi connectivity index (χ2n) is 5.82. The number of phenols is 1. The Kier molecular flexibility index (Phi) is 4.51. The van der Waals surface area contributed by atoms with Crippen LogP contribution in [0.1, 0.15) is 5.69 Å². The lowest BCUT2D eigenvalue weighted by Crippen LogP contribution is -2.27. The number of aromatic nitrogens is 1. The van der Waals surface area contributed by atoms with E-state index in [1.54, 1.807) is 54.6 Å². The number of carbonyl (C=O) groups is 2. The van der Waals surface area contributed by atoms with Crippen LogP contribution < -0.4 is 4.90 Å². The number of aromatic hydroxyl groups is 1.